The number of hydrogen-bond donors (Lipinski definition) is 1. The Morgan fingerprint density at radius 1 is 1.18 bits per heavy atom. The van der Waals surface area contributed by atoms with E-state index in [0.29, 0.717) is 12.0 Å². The van der Waals surface area contributed by atoms with Gasteiger partial charge in [-0.05, 0) is 36.2 Å². The minimum Gasteiger partial charge on any atom is -0.465 e. The van der Waals surface area contributed by atoms with E-state index in [1.54, 1.807) is 12.4 Å². The quantitative estimate of drug-likeness (QED) is 0.790. The third-order valence-electron chi connectivity index (χ3n) is 2.91. The topological polar surface area (TPSA) is 98.2 Å². The van der Waals surface area contributed by atoms with Gasteiger partial charge in [-0.2, -0.15) is 0 Å². The fourth-order valence-corrected chi connectivity index (χ4v) is 2.79. The molecule has 1 N–H and O–H groups in total. The molecule has 0 aliphatic heterocycles. The van der Waals surface area contributed by atoms with Gasteiger partial charge in [0.25, 0.3) is 0 Å². The number of aromatic nitrogens is 2. The molecule has 0 amide bonds. The van der Waals surface area contributed by atoms with E-state index in [2.05, 4.69) is 19.4 Å². The molecule has 0 saturated heterocycles. The monoisotopic (exact) mass is 321 g/mol. The van der Waals surface area contributed by atoms with E-state index in [9.17, 15) is 13.2 Å². The second kappa shape index (κ2) is 7.10. The number of nitrogens with zero attached hydrogens (tertiary/aromatic N) is 2. The van der Waals surface area contributed by atoms with Crippen LogP contribution in [0.3, 0.4) is 0 Å². The Kier molecular flexibility index (Phi) is 5.18. The van der Waals surface area contributed by atoms with Gasteiger partial charge >= 0.3 is 5.97 Å². The molecule has 7 nitrogen and oxygen atoms in total. The van der Waals surface area contributed by atoms with Crippen molar-refractivity contribution in [2.75, 3.05) is 13.7 Å². The molecule has 0 atom stereocenters. The van der Waals surface area contributed by atoms with Crippen molar-refractivity contribution in [3.8, 4) is 0 Å². The first-order chi connectivity index (χ1) is 10.5. The molecule has 0 fully saturated rings. The number of rotatable bonds is 6. The van der Waals surface area contributed by atoms with Gasteiger partial charge in [0.05, 0.1) is 17.6 Å². The first-order valence-electron chi connectivity index (χ1n) is 6.45. The van der Waals surface area contributed by atoms with E-state index < -0.39 is 16.0 Å². The molecule has 0 bridgehead atoms. The summed E-state index contributed by atoms with van der Waals surface area (Å²) in [7, 11) is -2.36. The van der Waals surface area contributed by atoms with Gasteiger partial charge in [-0.3, -0.25) is 0 Å². The smallest absolute Gasteiger partial charge is 0.337 e. The first-order valence-corrected chi connectivity index (χ1v) is 7.93. The van der Waals surface area contributed by atoms with Crippen molar-refractivity contribution in [1.29, 1.82) is 0 Å². The van der Waals surface area contributed by atoms with Gasteiger partial charge in [-0.1, -0.05) is 0 Å². The Hall–Kier alpha value is -2.32. The molecule has 8 heteroatoms. The van der Waals surface area contributed by atoms with Crippen LogP contribution >= 0.6 is 0 Å². The number of sulfonamides is 1. The third kappa shape index (κ3) is 4.09. The Bertz CT molecular complexity index is 730. The van der Waals surface area contributed by atoms with Gasteiger partial charge in [0, 0.05) is 18.9 Å². The number of nitrogens with one attached hydrogen (secondary N) is 1. The van der Waals surface area contributed by atoms with E-state index >= 15 is 0 Å². The summed E-state index contributed by atoms with van der Waals surface area (Å²) < 4.78 is 31.3. The SMILES string of the molecule is COC(=O)c1ccc(S(=O)(=O)NCCc2cncnc2)cc1. The van der Waals surface area contributed by atoms with Crippen molar-refractivity contribution < 1.29 is 17.9 Å². The summed E-state index contributed by atoms with van der Waals surface area (Å²) >= 11 is 0. The van der Waals surface area contributed by atoms with Crippen molar-refractivity contribution >= 4 is 16.0 Å². The van der Waals surface area contributed by atoms with Gasteiger partial charge in [0.1, 0.15) is 6.33 Å². The molecule has 1 heterocycles. The molecule has 1 aromatic carbocycles. The van der Waals surface area contributed by atoms with Gasteiger partial charge in [-0.25, -0.2) is 27.9 Å². The van der Waals surface area contributed by atoms with Crippen molar-refractivity contribution in [1.82, 2.24) is 14.7 Å². The average molecular weight is 321 g/mol. The van der Waals surface area contributed by atoms with Crippen LogP contribution in [0.1, 0.15) is 15.9 Å². The molecular formula is C14H15N3O4S. The fourth-order valence-electron chi connectivity index (χ4n) is 1.76. The molecule has 22 heavy (non-hydrogen) atoms. The summed E-state index contributed by atoms with van der Waals surface area (Å²) in [5.74, 6) is -0.513. The van der Waals surface area contributed by atoms with Crippen LogP contribution < -0.4 is 4.72 Å². The molecule has 2 rings (SSSR count). The van der Waals surface area contributed by atoms with Crippen LogP contribution in [0.15, 0.2) is 47.9 Å². The average Bonchev–Trinajstić information content (AvgIpc) is 2.55. The number of carbonyl (C=O) groups is 1. The minimum absolute atomic E-state index is 0.0875. The normalized spacial score (nSPS) is 11.1. The maximum Gasteiger partial charge on any atom is 0.337 e. The molecule has 2 aromatic rings. The lowest BCUT2D eigenvalue weighted by molar-refractivity contribution is 0.0600. The van der Waals surface area contributed by atoms with E-state index in [1.807, 2.05) is 0 Å². The summed E-state index contributed by atoms with van der Waals surface area (Å²) in [6, 6.07) is 5.54. The van der Waals surface area contributed by atoms with Crippen molar-refractivity contribution in [2.24, 2.45) is 0 Å². The highest BCUT2D eigenvalue weighted by atomic mass is 32.2. The lowest BCUT2D eigenvalue weighted by atomic mass is 10.2. The number of carbonyl (C=O) groups excluding carboxylic acids is 1. The van der Waals surface area contributed by atoms with E-state index in [0.717, 1.165) is 5.56 Å². The van der Waals surface area contributed by atoms with E-state index in [1.165, 1.54) is 37.7 Å². The predicted molar refractivity (Wildman–Crippen MR) is 78.7 cm³/mol. The van der Waals surface area contributed by atoms with Crippen LogP contribution in [0.2, 0.25) is 0 Å². The third-order valence-corrected chi connectivity index (χ3v) is 4.38. The van der Waals surface area contributed by atoms with Gasteiger partial charge in [0.2, 0.25) is 10.0 Å². The lowest BCUT2D eigenvalue weighted by Gasteiger charge is -2.07. The van der Waals surface area contributed by atoms with Gasteiger partial charge in [0.15, 0.2) is 0 Å². The number of methoxy groups -OCH3 is 1. The van der Waals surface area contributed by atoms with Gasteiger partial charge in [-0.15, -0.1) is 0 Å². The Balaban J connectivity index is 1.99. The van der Waals surface area contributed by atoms with Crippen LogP contribution in [0.4, 0.5) is 0 Å². The number of hydrogen-bond acceptors (Lipinski definition) is 6. The largest absolute Gasteiger partial charge is 0.465 e. The van der Waals surface area contributed by atoms with E-state index in [-0.39, 0.29) is 11.4 Å². The van der Waals surface area contributed by atoms with Crippen molar-refractivity contribution in [2.45, 2.75) is 11.3 Å². The van der Waals surface area contributed by atoms with Crippen LogP contribution in [0.25, 0.3) is 0 Å². The molecule has 0 saturated carbocycles. The van der Waals surface area contributed by atoms with Gasteiger partial charge < -0.3 is 4.74 Å². The second-order valence-electron chi connectivity index (χ2n) is 4.41. The second-order valence-corrected chi connectivity index (χ2v) is 6.18. The molecular weight excluding hydrogens is 306 g/mol. The Morgan fingerprint density at radius 3 is 2.41 bits per heavy atom. The lowest BCUT2D eigenvalue weighted by Crippen LogP contribution is -2.26. The van der Waals surface area contributed by atoms with Crippen molar-refractivity contribution in [3.05, 3.63) is 54.1 Å². The maximum atomic E-state index is 12.1. The number of ether oxygens (including phenoxy) is 1. The molecule has 0 aliphatic carbocycles. The molecule has 0 unspecified atom stereocenters. The Morgan fingerprint density at radius 2 is 1.82 bits per heavy atom. The predicted octanol–water partition coefficient (Wildman–Crippen LogP) is 0.784. The molecule has 0 aliphatic rings. The van der Waals surface area contributed by atoms with Crippen LogP contribution in [-0.2, 0) is 21.2 Å². The highest BCUT2D eigenvalue weighted by Gasteiger charge is 2.14. The Labute approximate surface area is 128 Å². The number of benzene rings is 1. The summed E-state index contributed by atoms with van der Waals surface area (Å²) in [5, 5.41) is 0. The molecule has 0 spiro atoms. The molecule has 0 radical (unpaired) electrons. The standard InChI is InChI=1S/C14H15N3O4S/c1-21-14(18)12-2-4-13(5-3-12)22(19,20)17-7-6-11-8-15-10-16-9-11/h2-5,8-10,17H,6-7H2,1H3. The summed E-state index contributed by atoms with van der Waals surface area (Å²) in [5.41, 5.74) is 1.13. The number of esters is 1. The summed E-state index contributed by atoms with van der Waals surface area (Å²) in [6.45, 7) is 0.231. The minimum atomic E-state index is -3.62. The molecule has 116 valence electrons. The van der Waals surface area contributed by atoms with Crippen LogP contribution in [0, 0.1) is 0 Å². The van der Waals surface area contributed by atoms with Crippen LogP contribution in [0.5, 0.6) is 0 Å². The highest BCUT2D eigenvalue weighted by Crippen LogP contribution is 2.11. The zero-order valence-corrected chi connectivity index (χ0v) is 12.7. The van der Waals surface area contributed by atoms with Crippen LogP contribution in [-0.4, -0.2) is 38.0 Å². The summed E-state index contributed by atoms with van der Waals surface area (Å²) in [6.07, 6.45) is 5.16. The highest BCUT2D eigenvalue weighted by molar-refractivity contribution is 7.89. The first kappa shape index (κ1) is 16.1. The zero-order chi connectivity index (χ0) is 16.0. The summed E-state index contributed by atoms with van der Waals surface area (Å²) in [4.78, 5) is 19.1. The maximum absolute atomic E-state index is 12.1. The zero-order valence-electron chi connectivity index (χ0n) is 11.9. The van der Waals surface area contributed by atoms with E-state index in [4.69, 9.17) is 0 Å². The fraction of sp³-hybridized carbons (Fsp3) is 0.214. The molecule has 1 aromatic heterocycles. The van der Waals surface area contributed by atoms with Crippen molar-refractivity contribution in [3.63, 3.8) is 0 Å².